The van der Waals surface area contributed by atoms with E-state index in [0.717, 1.165) is 42.0 Å². The highest BCUT2D eigenvalue weighted by Crippen LogP contribution is 2.37. The van der Waals surface area contributed by atoms with Gasteiger partial charge in [-0.15, -0.1) is 0 Å². The third-order valence-corrected chi connectivity index (χ3v) is 4.81. The van der Waals surface area contributed by atoms with E-state index >= 15 is 0 Å². The third-order valence-electron chi connectivity index (χ3n) is 4.81. The molecule has 1 saturated heterocycles. The molecular formula is C17H25F3N4O3. The summed E-state index contributed by atoms with van der Waals surface area (Å²) in [6.07, 6.45) is 0.328. The molecule has 10 heteroatoms. The van der Waals surface area contributed by atoms with Crippen LogP contribution < -0.4 is 5.32 Å². The third kappa shape index (κ3) is 5.36. The van der Waals surface area contributed by atoms with Crippen LogP contribution in [0, 0.1) is 18.8 Å². The second-order valence-electron chi connectivity index (χ2n) is 6.87. The summed E-state index contributed by atoms with van der Waals surface area (Å²) in [6, 6.07) is -0.703. The number of carboxylic acid groups (broad SMARTS) is 1. The molecule has 0 aliphatic carbocycles. The van der Waals surface area contributed by atoms with Gasteiger partial charge < -0.3 is 15.3 Å². The Morgan fingerprint density at radius 3 is 2.59 bits per heavy atom. The second kappa shape index (κ2) is 8.62. The number of nitrogens with one attached hydrogen (secondary N) is 1. The Bertz CT molecular complexity index is 675. The number of alkyl halides is 3. The number of aromatic nitrogens is 2. The average Bonchev–Trinajstić information content (AvgIpc) is 3.17. The Labute approximate surface area is 155 Å². The summed E-state index contributed by atoms with van der Waals surface area (Å²) < 4.78 is 40.8. The van der Waals surface area contributed by atoms with Gasteiger partial charge in [-0.3, -0.25) is 9.48 Å². The van der Waals surface area contributed by atoms with Crippen molar-refractivity contribution in [2.45, 2.75) is 52.4 Å². The van der Waals surface area contributed by atoms with Gasteiger partial charge in [-0.05, 0) is 13.3 Å². The van der Waals surface area contributed by atoms with Gasteiger partial charge in [0.1, 0.15) is 0 Å². The molecule has 7 nitrogen and oxygen atoms in total. The highest BCUT2D eigenvalue weighted by Gasteiger charge is 2.53. The van der Waals surface area contributed by atoms with E-state index in [1.807, 2.05) is 6.20 Å². The molecule has 1 aromatic heterocycles. The zero-order chi connectivity index (χ0) is 20.2. The number of unbranched alkanes of at least 4 members (excludes halogenated alkanes) is 2. The van der Waals surface area contributed by atoms with Crippen LogP contribution in [0.3, 0.4) is 0 Å². The number of aliphatic carboxylic acids is 1. The fourth-order valence-corrected chi connectivity index (χ4v) is 3.21. The molecule has 0 radical (unpaired) electrons. The standard InChI is InChI=1S/C17H25F3N4O3/c1-3-4-5-6-24-8-12(11(2)22-24)7-21-16(27)23-9-13(15(25)26)14(10-23)17(18,19)20/h8,13-14H,3-7,9-10H2,1-2H3,(H,21,27)(H,25,26)/t13-,14-/m1/s1. The number of rotatable bonds is 7. The van der Waals surface area contributed by atoms with Gasteiger partial charge in [0.15, 0.2) is 0 Å². The lowest BCUT2D eigenvalue weighted by molar-refractivity contribution is -0.187. The van der Waals surface area contributed by atoms with E-state index in [-0.39, 0.29) is 6.54 Å². The van der Waals surface area contributed by atoms with Gasteiger partial charge in [-0.25, -0.2) is 4.79 Å². The SMILES string of the molecule is CCCCCn1cc(CNC(=O)N2C[C@@H](C(F)(F)F)[C@H](C(=O)O)C2)c(C)n1. The molecule has 0 bridgehead atoms. The van der Waals surface area contributed by atoms with E-state index in [1.54, 1.807) is 11.6 Å². The molecule has 0 unspecified atom stereocenters. The van der Waals surface area contributed by atoms with Crippen LogP contribution in [0.15, 0.2) is 6.20 Å². The molecule has 2 rings (SSSR count). The predicted molar refractivity (Wildman–Crippen MR) is 91.0 cm³/mol. The van der Waals surface area contributed by atoms with E-state index in [9.17, 15) is 22.8 Å². The van der Waals surface area contributed by atoms with E-state index in [0.29, 0.717) is 0 Å². The van der Waals surface area contributed by atoms with Crippen LogP contribution in [0.2, 0.25) is 0 Å². The molecule has 0 aromatic carbocycles. The number of carboxylic acids is 1. The molecule has 152 valence electrons. The van der Waals surface area contributed by atoms with Crippen molar-refractivity contribution >= 4 is 12.0 Å². The number of amides is 2. The number of carbonyl (C=O) groups is 2. The zero-order valence-corrected chi connectivity index (χ0v) is 15.4. The lowest BCUT2D eigenvalue weighted by Crippen LogP contribution is -2.39. The summed E-state index contributed by atoms with van der Waals surface area (Å²) in [4.78, 5) is 24.2. The van der Waals surface area contributed by atoms with E-state index < -0.39 is 43.1 Å². The van der Waals surface area contributed by atoms with Crippen LogP contribution in [-0.4, -0.2) is 51.1 Å². The lowest BCUT2D eigenvalue weighted by atomic mass is 9.96. The maximum absolute atomic E-state index is 13.0. The molecule has 1 fully saturated rings. The second-order valence-corrected chi connectivity index (χ2v) is 6.87. The summed E-state index contributed by atoms with van der Waals surface area (Å²) in [6.45, 7) is 3.69. The number of nitrogens with zero attached hydrogens (tertiary/aromatic N) is 3. The number of hydrogen-bond donors (Lipinski definition) is 2. The van der Waals surface area contributed by atoms with Gasteiger partial charge in [0.2, 0.25) is 0 Å². The van der Waals surface area contributed by atoms with Crippen molar-refractivity contribution in [3.05, 3.63) is 17.5 Å². The fourth-order valence-electron chi connectivity index (χ4n) is 3.21. The summed E-state index contributed by atoms with van der Waals surface area (Å²) in [5.74, 6) is -5.24. The van der Waals surface area contributed by atoms with Gasteiger partial charge in [0.05, 0.1) is 17.5 Å². The normalized spacial score (nSPS) is 20.1. The summed E-state index contributed by atoms with van der Waals surface area (Å²) in [5, 5.41) is 15.9. The first-order chi connectivity index (χ1) is 12.6. The first kappa shape index (κ1) is 21.0. The maximum atomic E-state index is 13.0. The highest BCUT2D eigenvalue weighted by molar-refractivity contribution is 5.77. The molecule has 27 heavy (non-hydrogen) atoms. The molecule has 0 spiro atoms. The largest absolute Gasteiger partial charge is 0.481 e. The first-order valence-corrected chi connectivity index (χ1v) is 8.98. The topological polar surface area (TPSA) is 87.5 Å². The van der Waals surface area contributed by atoms with E-state index in [2.05, 4.69) is 17.3 Å². The van der Waals surface area contributed by atoms with Crippen molar-refractivity contribution in [3.8, 4) is 0 Å². The van der Waals surface area contributed by atoms with Gasteiger partial charge in [-0.2, -0.15) is 18.3 Å². The van der Waals surface area contributed by atoms with Crippen LogP contribution >= 0.6 is 0 Å². The fraction of sp³-hybridized carbons (Fsp3) is 0.706. The predicted octanol–water partition coefficient (Wildman–Crippen LogP) is 2.79. The van der Waals surface area contributed by atoms with Crippen molar-refractivity contribution < 1.29 is 27.9 Å². The zero-order valence-electron chi connectivity index (χ0n) is 15.4. The number of aryl methyl sites for hydroxylation is 2. The molecule has 1 aromatic rings. The maximum Gasteiger partial charge on any atom is 0.394 e. The number of hydrogen-bond acceptors (Lipinski definition) is 3. The van der Waals surface area contributed by atoms with Crippen LogP contribution in [0.4, 0.5) is 18.0 Å². The Hall–Kier alpha value is -2.26. The molecule has 2 atom stereocenters. The van der Waals surface area contributed by atoms with Crippen molar-refractivity contribution in [1.29, 1.82) is 0 Å². The van der Waals surface area contributed by atoms with Crippen molar-refractivity contribution in [1.82, 2.24) is 20.0 Å². The van der Waals surface area contributed by atoms with Gasteiger partial charge in [-0.1, -0.05) is 19.8 Å². The van der Waals surface area contributed by atoms with Gasteiger partial charge >= 0.3 is 18.2 Å². The Morgan fingerprint density at radius 2 is 2.04 bits per heavy atom. The first-order valence-electron chi connectivity index (χ1n) is 8.98. The minimum Gasteiger partial charge on any atom is -0.481 e. The summed E-state index contributed by atoms with van der Waals surface area (Å²) >= 11 is 0. The van der Waals surface area contributed by atoms with Crippen LogP contribution in [0.5, 0.6) is 0 Å². The number of urea groups is 1. The van der Waals surface area contributed by atoms with Crippen LogP contribution in [0.25, 0.3) is 0 Å². The van der Waals surface area contributed by atoms with Crippen molar-refractivity contribution in [2.75, 3.05) is 13.1 Å². The highest BCUT2D eigenvalue weighted by atomic mass is 19.4. The van der Waals surface area contributed by atoms with Crippen LogP contribution in [0.1, 0.15) is 37.4 Å². The average molecular weight is 390 g/mol. The molecule has 1 aliphatic rings. The monoisotopic (exact) mass is 390 g/mol. The molecule has 1 aliphatic heterocycles. The Balaban J connectivity index is 1.93. The molecular weight excluding hydrogens is 365 g/mol. The lowest BCUT2D eigenvalue weighted by Gasteiger charge is -2.18. The molecule has 0 saturated carbocycles. The Morgan fingerprint density at radius 1 is 1.33 bits per heavy atom. The van der Waals surface area contributed by atoms with Gasteiger partial charge in [0, 0.05) is 37.9 Å². The number of halogens is 3. The smallest absolute Gasteiger partial charge is 0.394 e. The molecule has 2 N–H and O–H groups in total. The number of carbonyl (C=O) groups excluding carboxylic acids is 1. The summed E-state index contributed by atoms with van der Waals surface area (Å²) in [7, 11) is 0. The number of likely N-dealkylation sites (tertiary alicyclic amines) is 1. The van der Waals surface area contributed by atoms with E-state index in [1.165, 1.54) is 0 Å². The minimum atomic E-state index is -4.66. The quantitative estimate of drug-likeness (QED) is 0.701. The van der Waals surface area contributed by atoms with E-state index in [4.69, 9.17) is 5.11 Å². The van der Waals surface area contributed by atoms with Crippen LogP contribution in [-0.2, 0) is 17.9 Å². The summed E-state index contributed by atoms with van der Waals surface area (Å²) in [5.41, 5.74) is 1.52. The van der Waals surface area contributed by atoms with Gasteiger partial charge in [0.25, 0.3) is 0 Å². The molecule has 2 heterocycles. The Kier molecular flexibility index (Phi) is 6.72. The van der Waals surface area contributed by atoms with Crippen molar-refractivity contribution in [3.63, 3.8) is 0 Å². The van der Waals surface area contributed by atoms with Crippen molar-refractivity contribution in [2.24, 2.45) is 11.8 Å². The molecule has 2 amide bonds. The minimum absolute atomic E-state index is 0.128.